The molecule has 1 N–H and O–H groups in total. The van der Waals surface area contributed by atoms with Gasteiger partial charge < -0.3 is 19.5 Å². The summed E-state index contributed by atoms with van der Waals surface area (Å²) in [6.45, 7) is 8.51. The van der Waals surface area contributed by atoms with Gasteiger partial charge in [-0.2, -0.15) is 0 Å². The van der Waals surface area contributed by atoms with Crippen LogP contribution in [0.5, 0.6) is 0 Å². The van der Waals surface area contributed by atoms with Crippen LogP contribution in [0.25, 0.3) is 11.0 Å². The number of anilines is 1. The van der Waals surface area contributed by atoms with Crippen molar-refractivity contribution in [1.82, 2.24) is 14.5 Å². The summed E-state index contributed by atoms with van der Waals surface area (Å²) in [6, 6.07) is 16.0. The fourth-order valence-corrected chi connectivity index (χ4v) is 4.32. The number of fused-ring (bicyclic) bond motifs is 1. The molecule has 1 aliphatic rings. The first-order valence-electron chi connectivity index (χ1n) is 11.2. The van der Waals surface area contributed by atoms with Crippen LogP contribution in [-0.4, -0.2) is 45.8 Å². The summed E-state index contributed by atoms with van der Waals surface area (Å²) in [7, 11) is 0. The molecule has 3 aromatic rings. The lowest BCUT2D eigenvalue weighted by Gasteiger charge is -2.34. The summed E-state index contributed by atoms with van der Waals surface area (Å²) < 4.78 is 7.73. The van der Waals surface area contributed by atoms with E-state index in [9.17, 15) is 4.79 Å². The molecule has 2 aromatic carbocycles. The van der Waals surface area contributed by atoms with Crippen molar-refractivity contribution in [3.63, 3.8) is 0 Å². The van der Waals surface area contributed by atoms with E-state index in [0.717, 1.165) is 53.5 Å². The largest absolute Gasteiger partial charge is 0.444 e. The number of likely N-dealkylation sites (tertiary alicyclic amines) is 1. The monoisotopic (exact) mass is 454 g/mol. The molecule has 1 fully saturated rings. The van der Waals surface area contributed by atoms with Gasteiger partial charge in [0.15, 0.2) is 0 Å². The number of carbonyl (C=O) groups excluding carboxylic acids is 1. The molecule has 1 aromatic heterocycles. The molecular formula is C25H31ClN4O2. The van der Waals surface area contributed by atoms with E-state index < -0.39 is 5.60 Å². The van der Waals surface area contributed by atoms with Crippen LogP contribution < -0.4 is 5.32 Å². The standard InChI is InChI=1S/C25H31ClN4O2/c1-25(2,3)32-24(31)29-14-8-9-18(16-29)15-27-23-28-21-12-6-7-13-22(21)30(23)17-19-10-4-5-11-20(19)26/h4-7,10-13,18H,8-9,14-17H2,1-3H3,(H,27,28)/t18-/m1/s1. The number of benzene rings is 2. The fourth-order valence-electron chi connectivity index (χ4n) is 4.13. The Morgan fingerprint density at radius 1 is 1.19 bits per heavy atom. The number of carbonyl (C=O) groups is 1. The van der Waals surface area contributed by atoms with Crippen molar-refractivity contribution < 1.29 is 9.53 Å². The van der Waals surface area contributed by atoms with Gasteiger partial charge in [-0.05, 0) is 63.3 Å². The van der Waals surface area contributed by atoms with Gasteiger partial charge in [-0.25, -0.2) is 9.78 Å². The minimum atomic E-state index is -0.480. The summed E-state index contributed by atoms with van der Waals surface area (Å²) in [6.07, 6.45) is 1.81. The number of halogens is 1. The normalized spacial score (nSPS) is 16.9. The molecule has 0 bridgehead atoms. The van der Waals surface area contributed by atoms with Gasteiger partial charge in [-0.3, -0.25) is 0 Å². The highest BCUT2D eigenvalue weighted by molar-refractivity contribution is 6.31. The topological polar surface area (TPSA) is 59.4 Å². The Morgan fingerprint density at radius 2 is 1.94 bits per heavy atom. The van der Waals surface area contributed by atoms with Gasteiger partial charge in [0, 0.05) is 24.7 Å². The second kappa shape index (κ2) is 9.41. The van der Waals surface area contributed by atoms with Crippen molar-refractivity contribution >= 4 is 34.7 Å². The van der Waals surface area contributed by atoms with Crippen molar-refractivity contribution in [3.05, 3.63) is 59.1 Å². The number of hydrogen-bond donors (Lipinski definition) is 1. The Hall–Kier alpha value is -2.73. The Balaban J connectivity index is 1.48. The van der Waals surface area contributed by atoms with Crippen LogP contribution in [-0.2, 0) is 11.3 Å². The molecule has 1 amide bonds. The first-order valence-corrected chi connectivity index (χ1v) is 11.6. The van der Waals surface area contributed by atoms with Gasteiger partial charge in [0.2, 0.25) is 5.95 Å². The number of rotatable bonds is 5. The molecule has 0 unspecified atom stereocenters. The minimum Gasteiger partial charge on any atom is -0.444 e. The second-order valence-corrected chi connectivity index (χ2v) is 9.82. The number of imidazole rings is 1. The predicted molar refractivity (Wildman–Crippen MR) is 129 cm³/mol. The molecular weight excluding hydrogens is 424 g/mol. The van der Waals surface area contributed by atoms with Crippen molar-refractivity contribution in [1.29, 1.82) is 0 Å². The Bertz CT molecular complexity index is 1090. The Kier molecular flexibility index (Phi) is 6.60. The average molecular weight is 455 g/mol. The van der Waals surface area contributed by atoms with E-state index in [1.165, 1.54) is 0 Å². The third-order valence-corrected chi connectivity index (χ3v) is 6.03. The van der Waals surface area contributed by atoms with Gasteiger partial charge in [0.1, 0.15) is 5.60 Å². The summed E-state index contributed by atoms with van der Waals surface area (Å²) >= 11 is 6.43. The molecule has 2 heterocycles. The van der Waals surface area contributed by atoms with Crippen molar-refractivity contribution in [3.8, 4) is 0 Å². The smallest absolute Gasteiger partial charge is 0.410 e. The zero-order valence-corrected chi connectivity index (χ0v) is 19.7. The number of amides is 1. The molecule has 0 radical (unpaired) electrons. The highest BCUT2D eigenvalue weighted by Gasteiger charge is 2.27. The maximum atomic E-state index is 12.5. The van der Waals surface area contributed by atoms with Crippen molar-refractivity contribution in [2.45, 2.75) is 45.8 Å². The van der Waals surface area contributed by atoms with E-state index in [2.05, 4.69) is 16.0 Å². The molecule has 1 atom stereocenters. The number of aromatic nitrogens is 2. The zero-order valence-electron chi connectivity index (χ0n) is 19.0. The van der Waals surface area contributed by atoms with Gasteiger partial charge >= 0.3 is 6.09 Å². The first kappa shape index (κ1) is 22.5. The highest BCUT2D eigenvalue weighted by atomic mass is 35.5. The van der Waals surface area contributed by atoms with Crippen molar-refractivity contribution in [2.24, 2.45) is 5.92 Å². The van der Waals surface area contributed by atoms with Crippen LogP contribution >= 0.6 is 11.6 Å². The number of nitrogens with zero attached hydrogens (tertiary/aromatic N) is 3. The van der Waals surface area contributed by atoms with E-state index in [1.807, 2.05) is 68.1 Å². The molecule has 4 rings (SSSR count). The van der Waals surface area contributed by atoms with E-state index >= 15 is 0 Å². The van der Waals surface area contributed by atoms with Gasteiger partial charge in [-0.1, -0.05) is 41.9 Å². The number of nitrogens with one attached hydrogen (secondary N) is 1. The summed E-state index contributed by atoms with van der Waals surface area (Å²) in [5, 5.41) is 4.30. The summed E-state index contributed by atoms with van der Waals surface area (Å²) in [5.74, 6) is 1.16. The second-order valence-electron chi connectivity index (χ2n) is 9.42. The molecule has 0 saturated carbocycles. The third-order valence-electron chi connectivity index (χ3n) is 5.66. The third kappa shape index (κ3) is 5.36. The number of piperidine rings is 1. The number of ether oxygens (including phenoxy) is 1. The lowest BCUT2D eigenvalue weighted by molar-refractivity contribution is 0.0172. The first-order chi connectivity index (χ1) is 15.3. The van der Waals surface area contributed by atoms with E-state index in [0.29, 0.717) is 19.0 Å². The molecule has 32 heavy (non-hydrogen) atoms. The van der Waals surface area contributed by atoms with Gasteiger partial charge in [0.25, 0.3) is 0 Å². The summed E-state index contributed by atoms with van der Waals surface area (Å²) in [5.41, 5.74) is 2.58. The average Bonchev–Trinajstić information content (AvgIpc) is 3.10. The van der Waals surface area contributed by atoms with Crippen LogP contribution in [0, 0.1) is 5.92 Å². The molecule has 1 aliphatic heterocycles. The molecule has 170 valence electrons. The molecule has 1 saturated heterocycles. The van der Waals surface area contributed by atoms with Crippen LogP contribution in [0.15, 0.2) is 48.5 Å². The quantitative estimate of drug-likeness (QED) is 0.529. The van der Waals surface area contributed by atoms with Crippen LogP contribution in [0.2, 0.25) is 5.02 Å². The van der Waals surface area contributed by atoms with Crippen LogP contribution in [0.3, 0.4) is 0 Å². The predicted octanol–water partition coefficient (Wildman–Crippen LogP) is 5.80. The molecule has 0 aliphatic carbocycles. The van der Waals surface area contributed by atoms with Gasteiger partial charge in [0.05, 0.1) is 17.6 Å². The maximum Gasteiger partial charge on any atom is 0.410 e. The lowest BCUT2D eigenvalue weighted by Crippen LogP contribution is -2.44. The number of para-hydroxylation sites is 2. The van der Waals surface area contributed by atoms with E-state index in [1.54, 1.807) is 0 Å². The van der Waals surface area contributed by atoms with Crippen molar-refractivity contribution in [2.75, 3.05) is 25.0 Å². The molecule has 6 nitrogen and oxygen atoms in total. The van der Waals surface area contributed by atoms with E-state index in [4.69, 9.17) is 21.3 Å². The summed E-state index contributed by atoms with van der Waals surface area (Å²) in [4.78, 5) is 19.2. The molecule has 0 spiro atoms. The lowest BCUT2D eigenvalue weighted by atomic mass is 9.98. The molecule has 7 heteroatoms. The SMILES string of the molecule is CC(C)(C)OC(=O)N1CCC[C@H](CNc2nc3ccccc3n2Cc2ccccc2Cl)C1. The zero-order chi connectivity index (χ0) is 22.7. The van der Waals surface area contributed by atoms with E-state index in [-0.39, 0.29) is 6.09 Å². The Morgan fingerprint density at radius 3 is 2.72 bits per heavy atom. The fraction of sp³-hybridized carbons (Fsp3) is 0.440. The maximum absolute atomic E-state index is 12.5. The number of hydrogen-bond acceptors (Lipinski definition) is 4. The van der Waals surface area contributed by atoms with Gasteiger partial charge in [-0.15, -0.1) is 0 Å². The van der Waals surface area contributed by atoms with Crippen LogP contribution in [0.1, 0.15) is 39.2 Å². The van der Waals surface area contributed by atoms with Crippen LogP contribution in [0.4, 0.5) is 10.7 Å². The minimum absolute atomic E-state index is 0.229. The Labute approximate surface area is 194 Å². The highest BCUT2D eigenvalue weighted by Crippen LogP contribution is 2.25.